The van der Waals surface area contributed by atoms with Gasteiger partial charge in [0.2, 0.25) is 0 Å². The molecule has 0 saturated heterocycles. The monoisotopic (exact) mass is 385 g/mol. The number of nitrogens with one attached hydrogen (secondary N) is 2. The molecule has 1 amide bonds. The number of aromatic amines is 1. The van der Waals surface area contributed by atoms with E-state index in [4.69, 9.17) is 0 Å². The van der Waals surface area contributed by atoms with Crippen molar-refractivity contribution in [3.63, 3.8) is 0 Å². The summed E-state index contributed by atoms with van der Waals surface area (Å²) in [6.45, 7) is 0. The smallest absolute Gasteiger partial charge is 0.272 e. The van der Waals surface area contributed by atoms with Gasteiger partial charge in [-0.3, -0.25) is 20.0 Å². The fraction of sp³-hybridized carbons (Fsp3) is 0. The van der Waals surface area contributed by atoms with Crippen molar-refractivity contribution in [2.45, 2.75) is 0 Å². The summed E-state index contributed by atoms with van der Waals surface area (Å²) in [6, 6.07) is 5.80. The summed E-state index contributed by atoms with van der Waals surface area (Å²) in [5.41, 5.74) is 3.29. The summed E-state index contributed by atoms with van der Waals surface area (Å²) in [4.78, 5) is 21.7. The van der Waals surface area contributed by atoms with Crippen LogP contribution in [0.5, 0.6) is 0 Å². The number of nitro benzene ring substituents is 1. The number of hydrogen-bond acceptors (Lipinski definition) is 5. The van der Waals surface area contributed by atoms with Gasteiger partial charge in [0.05, 0.1) is 20.9 Å². The van der Waals surface area contributed by atoms with E-state index < -0.39 is 10.8 Å². The normalized spacial score (nSPS) is 10.7. The first-order chi connectivity index (χ1) is 9.58. The average molecular weight is 385 g/mol. The van der Waals surface area contributed by atoms with Crippen molar-refractivity contribution in [2.24, 2.45) is 5.10 Å². The number of nitrogens with zero attached hydrogens (tertiary/aromatic N) is 3. The molecule has 1 heterocycles. The number of carbonyl (C=O) groups excluding carboxylic acids is 1. The molecule has 0 aliphatic heterocycles. The molecular weight excluding hydrogens is 377 g/mol. The summed E-state index contributed by atoms with van der Waals surface area (Å²) in [6.07, 6.45) is 2.92. The molecule has 0 fully saturated rings. The minimum atomic E-state index is -0.483. The van der Waals surface area contributed by atoms with E-state index in [9.17, 15) is 14.9 Å². The van der Waals surface area contributed by atoms with Crippen LogP contribution in [-0.2, 0) is 0 Å². The molecule has 102 valence electrons. The van der Waals surface area contributed by atoms with Crippen molar-refractivity contribution in [3.8, 4) is 0 Å². The van der Waals surface area contributed by atoms with Crippen molar-refractivity contribution >= 4 is 40.4 Å². The Hall–Kier alpha value is -2.30. The van der Waals surface area contributed by atoms with Gasteiger partial charge in [0.25, 0.3) is 11.6 Å². The molecule has 0 aliphatic rings. The molecule has 0 bridgehead atoms. The molecule has 1 aromatic heterocycles. The third-order valence-electron chi connectivity index (χ3n) is 2.30. The van der Waals surface area contributed by atoms with Crippen LogP contribution in [0.1, 0.15) is 16.1 Å². The third kappa shape index (κ3) is 3.38. The van der Waals surface area contributed by atoms with Crippen LogP contribution in [-0.4, -0.2) is 27.2 Å². The van der Waals surface area contributed by atoms with E-state index in [1.54, 1.807) is 0 Å². The number of carbonyl (C=O) groups is 1. The molecule has 2 aromatic rings. The summed E-state index contributed by atoms with van der Waals surface area (Å²) < 4.78 is 0.686. The van der Waals surface area contributed by atoms with Gasteiger partial charge in [-0.25, -0.2) is 5.43 Å². The molecule has 8 nitrogen and oxygen atoms in total. The Bertz CT molecular complexity index is 665. The highest BCUT2D eigenvalue weighted by atomic mass is 127. The summed E-state index contributed by atoms with van der Waals surface area (Å²) in [5.74, 6) is -0.412. The number of benzene rings is 1. The van der Waals surface area contributed by atoms with Crippen LogP contribution in [0, 0.1) is 13.7 Å². The van der Waals surface area contributed by atoms with Gasteiger partial charge in [-0.05, 0) is 40.3 Å². The Morgan fingerprint density at radius 1 is 1.45 bits per heavy atom. The van der Waals surface area contributed by atoms with Gasteiger partial charge in [-0.1, -0.05) is 0 Å². The number of aromatic nitrogens is 2. The van der Waals surface area contributed by atoms with Gasteiger partial charge in [-0.15, -0.1) is 0 Å². The molecule has 2 rings (SSSR count). The van der Waals surface area contributed by atoms with Gasteiger partial charge in [0.15, 0.2) is 0 Å². The molecule has 20 heavy (non-hydrogen) atoms. The highest BCUT2D eigenvalue weighted by Crippen LogP contribution is 2.10. The first kappa shape index (κ1) is 14.1. The number of H-pyrrole nitrogens is 1. The minimum Gasteiger partial charge on any atom is -0.272 e. The number of rotatable bonds is 4. The molecule has 9 heteroatoms. The second kappa shape index (κ2) is 6.23. The number of amides is 1. The lowest BCUT2D eigenvalue weighted by Crippen LogP contribution is -2.19. The van der Waals surface area contributed by atoms with E-state index >= 15 is 0 Å². The maximum absolute atomic E-state index is 11.7. The van der Waals surface area contributed by atoms with E-state index in [-0.39, 0.29) is 5.69 Å². The molecule has 2 N–H and O–H groups in total. The Balaban J connectivity index is 1.98. The SMILES string of the molecule is O=C(N/N=C/c1ccc([N+](=O)[O-])cc1)c1[nH]ncc1I. The molecule has 0 unspecified atom stereocenters. The van der Waals surface area contributed by atoms with Crippen LogP contribution in [0.15, 0.2) is 35.6 Å². The van der Waals surface area contributed by atoms with Crippen LogP contribution in [0.3, 0.4) is 0 Å². The molecule has 0 aliphatic carbocycles. The topological polar surface area (TPSA) is 113 Å². The van der Waals surface area contributed by atoms with E-state index in [2.05, 4.69) is 20.7 Å². The van der Waals surface area contributed by atoms with Gasteiger partial charge < -0.3 is 0 Å². The van der Waals surface area contributed by atoms with Crippen LogP contribution < -0.4 is 5.43 Å². The third-order valence-corrected chi connectivity index (χ3v) is 3.12. The Kier molecular flexibility index (Phi) is 4.40. The van der Waals surface area contributed by atoms with Crippen LogP contribution >= 0.6 is 22.6 Å². The maximum atomic E-state index is 11.7. The number of non-ortho nitro benzene ring substituents is 1. The van der Waals surface area contributed by atoms with E-state index in [1.807, 2.05) is 22.6 Å². The Labute approximate surface area is 126 Å². The number of nitro groups is 1. The van der Waals surface area contributed by atoms with Crippen molar-refractivity contribution in [2.75, 3.05) is 0 Å². The lowest BCUT2D eigenvalue weighted by atomic mass is 10.2. The second-order valence-electron chi connectivity index (χ2n) is 3.64. The number of hydrogen-bond donors (Lipinski definition) is 2. The zero-order chi connectivity index (χ0) is 14.5. The average Bonchev–Trinajstić information content (AvgIpc) is 2.85. The zero-order valence-electron chi connectivity index (χ0n) is 9.91. The second-order valence-corrected chi connectivity index (χ2v) is 4.80. The summed E-state index contributed by atoms with van der Waals surface area (Å²) >= 11 is 1.97. The quantitative estimate of drug-likeness (QED) is 0.361. The van der Waals surface area contributed by atoms with Gasteiger partial charge >= 0.3 is 0 Å². The predicted molar refractivity (Wildman–Crippen MR) is 79.5 cm³/mol. The molecule has 0 atom stereocenters. The van der Waals surface area contributed by atoms with Crippen molar-refractivity contribution < 1.29 is 9.72 Å². The Morgan fingerprint density at radius 3 is 2.70 bits per heavy atom. The molecular formula is C11H8IN5O3. The number of halogens is 1. The predicted octanol–water partition coefficient (Wildman–Crippen LogP) is 1.69. The van der Waals surface area contributed by atoms with Crippen LogP contribution in [0.25, 0.3) is 0 Å². The fourth-order valence-corrected chi connectivity index (χ4v) is 1.84. The largest absolute Gasteiger partial charge is 0.290 e. The van der Waals surface area contributed by atoms with Crippen LogP contribution in [0.2, 0.25) is 0 Å². The first-order valence-corrected chi connectivity index (χ1v) is 6.42. The van der Waals surface area contributed by atoms with Gasteiger partial charge in [0, 0.05) is 12.1 Å². The van der Waals surface area contributed by atoms with Crippen LogP contribution in [0.4, 0.5) is 5.69 Å². The molecule has 1 aromatic carbocycles. The first-order valence-electron chi connectivity index (χ1n) is 5.34. The summed E-state index contributed by atoms with van der Waals surface area (Å²) in [5, 5.41) is 20.5. The lowest BCUT2D eigenvalue weighted by molar-refractivity contribution is -0.384. The van der Waals surface area contributed by atoms with Crippen molar-refractivity contribution in [1.29, 1.82) is 0 Å². The van der Waals surface area contributed by atoms with E-state index in [1.165, 1.54) is 36.7 Å². The van der Waals surface area contributed by atoms with E-state index in [0.29, 0.717) is 14.8 Å². The Morgan fingerprint density at radius 2 is 2.15 bits per heavy atom. The zero-order valence-corrected chi connectivity index (χ0v) is 12.1. The van der Waals surface area contributed by atoms with Gasteiger partial charge in [0.1, 0.15) is 5.69 Å². The van der Waals surface area contributed by atoms with Gasteiger partial charge in [-0.2, -0.15) is 10.2 Å². The van der Waals surface area contributed by atoms with E-state index in [0.717, 1.165) is 0 Å². The van der Waals surface area contributed by atoms with Crippen molar-refractivity contribution in [3.05, 3.63) is 55.4 Å². The molecule has 0 saturated carbocycles. The highest BCUT2D eigenvalue weighted by Gasteiger charge is 2.10. The number of hydrazone groups is 1. The molecule has 0 spiro atoms. The van der Waals surface area contributed by atoms with Crippen molar-refractivity contribution in [1.82, 2.24) is 15.6 Å². The highest BCUT2D eigenvalue weighted by molar-refractivity contribution is 14.1. The maximum Gasteiger partial charge on any atom is 0.290 e. The minimum absolute atomic E-state index is 0.00167. The lowest BCUT2D eigenvalue weighted by Gasteiger charge is -1.97. The summed E-state index contributed by atoms with van der Waals surface area (Å²) in [7, 11) is 0. The fourth-order valence-electron chi connectivity index (χ4n) is 1.33. The standard InChI is InChI=1S/C11H8IN5O3/c12-9-6-14-15-10(9)11(18)16-13-5-7-1-3-8(4-2-7)17(19)20/h1-6H,(H,14,15)(H,16,18)/b13-5+. The molecule has 0 radical (unpaired) electrons.